The van der Waals surface area contributed by atoms with Gasteiger partial charge in [0, 0.05) is 55.1 Å². The van der Waals surface area contributed by atoms with Gasteiger partial charge in [-0.2, -0.15) is 0 Å². The zero-order chi connectivity index (χ0) is 64.9. The van der Waals surface area contributed by atoms with Crippen molar-refractivity contribution in [1.82, 2.24) is 4.57 Å². The van der Waals surface area contributed by atoms with Gasteiger partial charge in [-0.15, -0.1) is 0 Å². The first-order valence-electron chi connectivity index (χ1n) is 29.0. The summed E-state index contributed by atoms with van der Waals surface area (Å²) >= 11 is 39.7. The number of benzene rings is 8. The minimum Gasteiger partial charge on any atom is -0.0619 e. The summed E-state index contributed by atoms with van der Waals surface area (Å²) in [6.07, 6.45) is 11.3. The molecule has 0 saturated heterocycles. The molecule has 24 heteroatoms. The standard InChI is InChI=1S/C33H32N2.C21H24ClN.C13H10.I20/c1-23-20-24(34-29-15-7-4-12-26(29)27-13-5-8-16-30(27)34)22-25(21-23)35-31-17-9-6-14-28(31)32(2)18-10-11-19-33(32,35)3;1-15-12-16(22)14-17(13-15)23-19-9-5-4-8-18(19)20(2)10-6-7-11-21(20,23)3;1-3-7-12-10(5-1)9-11-6-2-4-8-13(11)12;1-12(2)14(5)16(7)18(9)20(11)19(10)17(8)15(6)13(3)4/h4-9,12-17,20-22H,10-11,18-19H2,1-3H3;4-5,8-9,12-14H,6-7,10-11H2,1-3H3;1-8H,9H2;. The van der Waals surface area contributed by atoms with Crippen molar-refractivity contribution < 1.29 is 0 Å². The fraction of sp³-hybridized carbons (Fsp3) is 0.284. The van der Waals surface area contributed by atoms with Crippen molar-refractivity contribution in [3.63, 3.8) is 0 Å². The molecule has 3 aliphatic carbocycles. The molecule has 0 spiro atoms. The van der Waals surface area contributed by atoms with Gasteiger partial charge in [0.05, 0.1) is 22.1 Å². The third kappa shape index (κ3) is 17.1. The maximum atomic E-state index is 6.38. The first-order chi connectivity index (χ1) is 43.4. The quantitative estimate of drug-likeness (QED) is 0.120. The predicted octanol–water partition coefficient (Wildman–Crippen LogP) is 36.2. The van der Waals surface area contributed by atoms with E-state index in [2.05, 4.69) is 437 Å². The van der Waals surface area contributed by atoms with Gasteiger partial charge < -0.3 is 14.4 Å². The molecular weight excluding hydrogens is 3420 g/mol. The number of halogens is 21. The number of aryl methyl sites for hydroxylation is 2. The van der Waals surface area contributed by atoms with E-state index in [0.717, 1.165) is 11.4 Å². The van der Waals surface area contributed by atoms with Gasteiger partial charge >= 0.3 is 276 Å². The van der Waals surface area contributed by atoms with E-state index in [-0.39, 0.29) is 37.7 Å². The third-order valence-corrected chi connectivity index (χ3v) is 1340. The molecule has 1 aromatic heterocycles. The summed E-state index contributed by atoms with van der Waals surface area (Å²) in [6.45, 7) is 14.3. The number of aromatic nitrogens is 1. The van der Waals surface area contributed by atoms with E-state index >= 15 is 0 Å². The molecule has 4 atom stereocenters. The molecule has 2 aliphatic heterocycles. The minimum atomic E-state index is -0.438. The van der Waals surface area contributed by atoms with E-state index in [1.165, 1.54) is 146 Å². The smallest absolute Gasteiger partial charge is 0.00135 e. The molecule has 4 unspecified atom stereocenters. The predicted molar refractivity (Wildman–Crippen MR) is 582 cm³/mol. The summed E-state index contributed by atoms with van der Waals surface area (Å²) in [5.74, 6) is 0. The molecule has 91 heavy (non-hydrogen) atoms. The van der Waals surface area contributed by atoms with Gasteiger partial charge in [0.15, 0.2) is 0 Å². The summed E-state index contributed by atoms with van der Waals surface area (Å²) in [7, 11) is -3.66. The maximum absolute atomic E-state index is 6.38. The van der Waals surface area contributed by atoms with E-state index < -0.39 is 55.3 Å². The Labute approximate surface area is 685 Å². The van der Waals surface area contributed by atoms with Gasteiger partial charge in [-0.3, -0.25) is 0 Å². The second-order valence-corrected chi connectivity index (χ2v) is 463. The first kappa shape index (κ1) is 80.1. The molecule has 0 radical (unpaired) electrons. The Balaban J connectivity index is 0.000000133. The second kappa shape index (κ2) is 35.6. The van der Waals surface area contributed by atoms with Crippen molar-refractivity contribution in [2.45, 2.75) is 121 Å². The van der Waals surface area contributed by atoms with Crippen LogP contribution in [0.15, 0.2) is 182 Å². The summed E-state index contributed by atoms with van der Waals surface area (Å²) in [6, 6.07) is 66.6. The minimum absolute atomic E-state index is 0.0703. The molecule has 3 heterocycles. The molecule has 0 bridgehead atoms. The van der Waals surface area contributed by atoms with E-state index in [4.69, 9.17) is 11.6 Å². The normalized spacial score (nSPS) is 22.2. The second-order valence-electron chi connectivity index (χ2n) is 23.7. The molecular formula is C67H66ClI20N3. The summed E-state index contributed by atoms with van der Waals surface area (Å²) < 4.78 is 2.45. The van der Waals surface area contributed by atoms with Crippen molar-refractivity contribution in [1.29, 1.82) is 0 Å². The molecule has 14 rings (SSSR count). The van der Waals surface area contributed by atoms with Crippen LogP contribution in [0.5, 0.6) is 0 Å². The number of anilines is 4. The van der Waals surface area contributed by atoms with Crippen LogP contribution in [0.4, 0.5) is 22.7 Å². The van der Waals surface area contributed by atoms with E-state index in [1.54, 1.807) is 0 Å². The topological polar surface area (TPSA) is 11.4 Å². The van der Waals surface area contributed by atoms with Gasteiger partial charge in [0.2, 0.25) is 0 Å². The Bertz CT molecular complexity index is 3940. The Hall–Kier alpha value is 8.05. The van der Waals surface area contributed by atoms with Crippen LogP contribution in [0.3, 0.4) is 0 Å². The number of hydrogen-bond donors (Lipinski definition) is 0. The van der Waals surface area contributed by atoms with Gasteiger partial charge in [0.1, 0.15) is 0 Å². The monoisotopic (exact) mass is 3490 g/mol. The van der Waals surface area contributed by atoms with Crippen molar-refractivity contribution in [2.75, 3.05) is 9.80 Å². The van der Waals surface area contributed by atoms with Crippen LogP contribution in [0, 0.1) is 13.8 Å². The van der Waals surface area contributed by atoms with Crippen LogP contribution in [0.2, 0.25) is 5.02 Å². The van der Waals surface area contributed by atoms with Crippen molar-refractivity contribution in [3.05, 3.63) is 220 Å². The number of fused-ring (bicyclic) bond motifs is 12. The van der Waals surface area contributed by atoms with E-state index in [9.17, 15) is 0 Å². The molecule has 0 amide bonds. The van der Waals surface area contributed by atoms with Crippen molar-refractivity contribution in [3.8, 4) is 16.8 Å². The van der Waals surface area contributed by atoms with Gasteiger partial charge in [-0.05, 0) is 165 Å². The Morgan fingerprint density at radius 1 is 0.374 bits per heavy atom. The molecule has 9 aromatic rings. The van der Waals surface area contributed by atoms with Crippen LogP contribution < -0.4 is 9.80 Å². The maximum Gasteiger partial charge on any atom is -0.00135 e. The fourth-order valence-corrected chi connectivity index (χ4v) is 2950. The fourth-order valence-electron chi connectivity index (χ4n) is 14.5. The van der Waals surface area contributed by atoms with Gasteiger partial charge in [-0.1, -0.05) is 172 Å². The first-order valence-corrected chi connectivity index (χ1v) is 149. The van der Waals surface area contributed by atoms with Crippen LogP contribution in [0.1, 0.15) is 112 Å². The number of para-hydroxylation sites is 4. The summed E-state index contributed by atoms with van der Waals surface area (Å²) in [4.78, 5) is 5.26. The molecule has 3 nitrogen and oxygen atoms in total. The van der Waals surface area contributed by atoms with Crippen LogP contribution in [0.25, 0.3) is 38.6 Å². The van der Waals surface area contributed by atoms with E-state index in [1.807, 2.05) is 6.07 Å². The number of hydrogen-bond acceptors (Lipinski definition) is 2. The number of rotatable bonds is 11. The zero-order valence-electron chi connectivity index (χ0n) is 50.0. The molecule has 2 fully saturated rings. The molecule has 0 N–H and O–H groups in total. The van der Waals surface area contributed by atoms with Crippen molar-refractivity contribution >= 4 is 332 Å². The molecule has 2 saturated carbocycles. The van der Waals surface area contributed by atoms with Gasteiger partial charge in [-0.25, -0.2) is 0 Å². The largest absolute Gasteiger partial charge is 0.0619 e. The van der Waals surface area contributed by atoms with Crippen LogP contribution in [-0.4, -0.2) is 15.6 Å². The molecule has 8 aromatic carbocycles. The van der Waals surface area contributed by atoms with Crippen LogP contribution >= 0.6 is 287 Å². The summed E-state index contributed by atoms with van der Waals surface area (Å²) in [5.41, 5.74) is 20.9. The Kier molecular flexibility index (Phi) is 31.3. The third-order valence-electron chi connectivity index (χ3n) is 18.8. The van der Waals surface area contributed by atoms with Gasteiger partial charge in [0.25, 0.3) is 0 Å². The Morgan fingerprint density at radius 2 is 0.725 bits per heavy atom. The molecule has 5 aliphatic rings. The Morgan fingerprint density at radius 3 is 1.16 bits per heavy atom. The average molecular weight is 3490 g/mol. The van der Waals surface area contributed by atoms with E-state index in [0.29, 0.717) is 0 Å². The van der Waals surface area contributed by atoms with Crippen LogP contribution in [-0.2, 0) is 17.3 Å². The van der Waals surface area contributed by atoms with Crippen molar-refractivity contribution in [2.24, 2.45) is 0 Å². The summed E-state index contributed by atoms with van der Waals surface area (Å²) in [5, 5.41) is 3.44. The SMILES string of the molecule is Cc1cc(Cl)cc(N2c3ccccc3C3(C)CCCCC23C)c1.Cc1cc(N2c3ccccc3C3(C)CCCCC23C)cc(-n2c3ccccc3c3ccccc32)c1.II(I)I(I)I(I)I(I)I(I)I(I)I(I)I(I)I(I)I.c1ccc2c(c1)Cc1ccccc1-2. The zero-order valence-corrected chi connectivity index (χ0v) is 93.9. The molecule has 496 valence electrons. The average Bonchev–Trinajstić information content (AvgIpc) is 1.55. The number of nitrogens with zero attached hydrogens (tertiary/aromatic N) is 3.